The van der Waals surface area contributed by atoms with E-state index >= 15 is 0 Å². The molecule has 2 aromatic carbocycles. The molecule has 8 nitrogen and oxygen atoms in total. The second-order valence-corrected chi connectivity index (χ2v) is 8.37. The van der Waals surface area contributed by atoms with Crippen LogP contribution in [-0.4, -0.2) is 38.5 Å². The number of allylic oxidation sites excluding steroid dienone is 1. The molecule has 170 valence electrons. The fraction of sp³-hybridized carbons (Fsp3) is 0.192. The van der Waals surface area contributed by atoms with Crippen LogP contribution in [0.25, 0.3) is 21.8 Å². The van der Waals surface area contributed by atoms with Crippen molar-refractivity contribution in [3.8, 4) is 5.75 Å². The zero-order valence-corrected chi connectivity index (χ0v) is 18.8. The minimum atomic E-state index is -0.400. The van der Waals surface area contributed by atoms with Gasteiger partial charge < -0.3 is 9.72 Å². The summed E-state index contributed by atoms with van der Waals surface area (Å²) in [5.74, 6) is 0.269. The molecule has 0 fully saturated rings. The van der Waals surface area contributed by atoms with Crippen molar-refractivity contribution in [2.45, 2.75) is 32.8 Å². The number of benzene rings is 2. The molecule has 5 rings (SSSR count). The van der Waals surface area contributed by atoms with Crippen molar-refractivity contribution >= 4 is 45.2 Å². The third-order valence-electron chi connectivity index (χ3n) is 5.41. The number of carbonyl (C=O) groups excluding carboxylic acids is 2. The van der Waals surface area contributed by atoms with E-state index in [2.05, 4.69) is 25.3 Å². The highest BCUT2D eigenvalue weighted by Crippen LogP contribution is 2.28. The predicted molar refractivity (Wildman–Crippen MR) is 132 cm³/mol. The molecule has 0 bridgehead atoms. The van der Waals surface area contributed by atoms with E-state index in [9.17, 15) is 9.59 Å². The molecule has 0 unspecified atom stereocenters. The Morgan fingerprint density at radius 1 is 1.15 bits per heavy atom. The van der Waals surface area contributed by atoms with E-state index in [1.54, 1.807) is 30.6 Å². The number of pyridine rings is 1. The Morgan fingerprint density at radius 2 is 1.97 bits per heavy atom. The summed E-state index contributed by atoms with van der Waals surface area (Å²) in [4.78, 5) is 42.1. The van der Waals surface area contributed by atoms with Gasteiger partial charge in [-0.05, 0) is 31.4 Å². The molecule has 1 aliphatic heterocycles. The number of fused-ring (bicyclic) bond motifs is 2. The van der Waals surface area contributed by atoms with Gasteiger partial charge in [0.05, 0.1) is 11.6 Å². The topological polar surface area (TPSA) is 109 Å². The number of amides is 1. The van der Waals surface area contributed by atoms with Gasteiger partial charge in [0.25, 0.3) is 5.91 Å². The summed E-state index contributed by atoms with van der Waals surface area (Å²) >= 11 is 0. The highest BCUT2D eigenvalue weighted by atomic mass is 16.5. The van der Waals surface area contributed by atoms with E-state index in [-0.39, 0.29) is 30.0 Å². The number of nitrogens with one attached hydrogen (secondary N) is 2. The summed E-state index contributed by atoms with van der Waals surface area (Å²) in [7, 11) is 0. The largest absolute Gasteiger partial charge is 0.491 e. The van der Waals surface area contributed by atoms with Crippen molar-refractivity contribution in [2.75, 3.05) is 5.32 Å². The highest BCUT2D eigenvalue weighted by Gasteiger charge is 2.20. The van der Waals surface area contributed by atoms with Gasteiger partial charge in [-0.3, -0.25) is 24.9 Å². The van der Waals surface area contributed by atoms with Crippen LogP contribution in [0.3, 0.4) is 0 Å². The molecular formula is C26H23N5O3. The number of aromatic amines is 1. The van der Waals surface area contributed by atoms with Crippen molar-refractivity contribution in [1.29, 1.82) is 0 Å². The minimum Gasteiger partial charge on any atom is -0.491 e. The van der Waals surface area contributed by atoms with E-state index < -0.39 is 5.91 Å². The maximum Gasteiger partial charge on any atom is 0.276 e. The van der Waals surface area contributed by atoms with Gasteiger partial charge in [0.2, 0.25) is 5.95 Å². The number of ether oxygens (including phenoxy) is 1. The minimum absolute atomic E-state index is 0.0649. The lowest BCUT2D eigenvalue weighted by Gasteiger charge is -2.11. The van der Waals surface area contributed by atoms with Gasteiger partial charge in [0, 0.05) is 48.0 Å². The first-order valence-electron chi connectivity index (χ1n) is 11.1. The first-order chi connectivity index (χ1) is 16.5. The van der Waals surface area contributed by atoms with Crippen LogP contribution in [-0.2, 0) is 0 Å². The van der Waals surface area contributed by atoms with Gasteiger partial charge in [0.1, 0.15) is 17.0 Å². The molecular weight excluding hydrogens is 430 g/mol. The molecule has 0 aliphatic carbocycles. The average molecular weight is 454 g/mol. The number of carbonyl (C=O) groups is 2. The van der Waals surface area contributed by atoms with Crippen molar-refractivity contribution in [1.82, 2.24) is 15.0 Å². The van der Waals surface area contributed by atoms with Crippen molar-refractivity contribution in [3.05, 3.63) is 72.2 Å². The Balaban J connectivity index is 1.46. The number of H-pyrrole nitrogens is 1. The average Bonchev–Trinajstić information content (AvgIpc) is 3.47. The molecule has 8 heteroatoms. The van der Waals surface area contributed by atoms with E-state index in [1.165, 1.54) is 0 Å². The number of hydrogen-bond acceptors (Lipinski definition) is 6. The Kier molecular flexibility index (Phi) is 5.63. The van der Waals surface area contributed by atoms with Crippen LogP contribution < -0.4 is 10.1 Å². The number of imidazole rings is 1. The summed E-state index contributed by atoms with van der Waals surface area (Å²) in [6, 6.07) is 12.9. The standard InChI is InChI=1S/C26H23N5O3/c1-15(2)34-19-12-20(23(32)11-18-8-5-9-27-18)24-21(13-19)29-26(30-24)31-25(33)22-10-16-6-3-4-7-17(16)14-28-22/h3-7,9-10,12-15H,8,11H2,1-2H3,(H2,29,30,31,33). The lowest BCUT2D eigenvalue weighted by molar-refractivity contribution is 0.0998. The predicted octanol–water partition coefficient (Wildman–Crippen LogP) is 5.08. The highest BCUT2D eigenvalue weighted by molar-refractivity contribution is 6.16. The summed E-state index contributed by atoms with van der Waals surface area (Å²) in [5.41, 5.74) is 2.55. The monoisotopic (exact) mass is 453 g/mol. The van der Waals surface area contributed by atoms with Gasteiger partial charge in [-0.15, -0.1) is 0 Å². The lowest BCUT2D eigenvalue weighted by atomic mass is 10.0. The van der Waals surface area contributed by atoms with Crippen molar-refractivity contribution in [3.63, 3.8) is 0 Å². The number of hydrogen-bond donors (Lipinski definition) is 2. The fourth-order valence-electron chi connectivity index (χ4n) is 3.88. The van der Waals surface area contributed by atoms with Crippen LogP contribution in [0.4, 0.5) is 5.95 Å². The van der Waals surface area contributed by atoms with Crippen LogP contribution >= 0.6 is 0 Å². The summed E-state index contributed by atoms with van der Waals surface area (Å²) in [6.07, 6.45) is 6.08. The van der Waals surface area contributed by atoms with E-state index in [1.807, 2.05) is 44.2 Å². The molecule has 34 heavy (non-hydrogen) atoms. The summed E-state index contributed by atoms with van der Waals surface area (Å²) in [5, 5.41) is 4.62. The van der Waals surface area contributed by atoms with Crippen LogP contribution in [0.1, 0.15) is 47.5 Å². The van der Waals surface area contributed by atoms with Gasteiger partial charge >= 0.3 is 0 Å². The second-order valence-electron chi connectivity index (χ2n) is 8.37. The number of ketones is 1. The van der Waals surface area contributed by atoms with Crippen LogP contribution in [0, 0.1) is 0 Å². The third kappa shape index (κ3) is 4.43. The maximum absolute atomic E-state index is 13.1. The number of aliphatic imine (C=N–C) groups is 1. The third-order valence-corrected chi connectivity index (χ3v) is 5.41. The molecule has 0 spiro atoms. The quantitative estimate of drug-likeness (QED) is 0.379. The normalized spacial score (nSPS) is 13.0. The first-order valence-corrected chi connectivity index (χ1v) is 11.1. The molecule has 4 aromatic rings. The SMILES string of the molecule is CC(C)Oc1cc(C(=O)CC2=NC=CC2)c2nc(NC(=O)c3cc4ccccc4cn3)[nH]c2c1. The Labute approximate surface area is 195 Å². The van der Waals surface area contributed by atoms with Crippen molar-refractivity contribution < 1.29 is 14.3 Å². The zero-order chi connectivity index (χ0) is 23.7. The van der Waals surface area contributed by atoms with Crippen LogP contribution in [0.5, 0.6) is 5.75 Å². The molecule has 3 heterocycles. The lowest BCUT2D eigenvalue weighted by Crippen LogP contribution is -2.14. The Bertz CT molecular complexity index is 1480. The number of nitrogens with zero attached hydrogens (tertiary/aromatic N) is 3. The Hall–Kier alpha value is -4.33. The van der Waals surface area contributed by atoms with Gasteiger partial charge in [-0.25, -0.2) is 4.98 Å². The molecule has 0 atom stereocenters. The molecule has 0 radical (unpaired) electrons. The smallest absolute Gasteiger partial charge is 0.276 e. The van der Waals surface area contributed by atoms with Gasteiger partial charge in [-0.2, -0.15) is 0 Å². The number of aromatic nitrogens is 3. The second kappa shape index (κ2) is 8.90. The number of anilines is 1. The van der Waals surface area contributed by atoms with Gasteiger partial charge in [-0.1, -0.05) is 30.3 Å². The summed E-state index contributed by atoms with van der Waals surface area (Å²) < 4.78 is 5.84. The molecule has 1 amide bonds. The van der Waals surface area contributed by atoms with Crippen molar-refractivity contribution in [2.24, 2.45) is 4.99 Å². The van der Waals surface area contributed by atoms with E-state index in [0.29, 0.717) is 28.8 Å². The maximum atomic E-state index is 13.1. The molecule has 2 N–H and O–H groups in total. The molecule has 1 aliphatic rings. The molecule has 0 saturated carbocycles. The fourth-order valence-corrected chi connectivity index (χ4v) is 3.88. The van der Waals surface area contributed by atoms with E-state index in [0.717, 1.165) is 16.5 Å². The number of rotatable bonds is 7. The zero-order valence-electron chi connectivity index (χ0n) is 18.8. The van der Waals surface area contributed by atoms with Crippen LogP contribution in [0.2, 0.25) is 0 Å². The first kappa shape index (κ1) is 21.5. The molecule has 2 aromatic heterocycles. The van der Waals surface area contributed by atoms with E-state index in [4.69, 9.17) is 4.74 Å². The van der Waals surface area contributed by atoms with Crippen LogP contribution in [0.15, 0.2) is 65.9 Å². The Morgan fingerprint density at radius 3 is 2.74 bits per heavy atom. The molecule has 0 saturated heterocycles. The summed E-state index contributed by atoms with van der Waals surface area (Å²) in [6.45, 7) is 3.83. The number of Topliss-reactive ketones (excluding diaryl/α,β-unsaturated/α-hetero) is 1. The van der Waals surface area contributed by atoms with Gasteiger partial charge in [0.15, 0.2) is 5.78 Å².